The summed E-state index contributed by atoms with van der Waals surface area (Å²) in [5, 5.41) is 2.77. The van der Waals surface area contributed by atoms with Gasteiger partial charge in [0.1, 0.15) is 5.69 Å². The first-order valence-corrected chi connectivity index (χ1v) is 5.32. The predicted octanol–water partition coefficient (Wildman–Crippen LogP) is -0.376. The van der Waals surface area contributed by atoms with Crippen LogP contribution in [0, 0.1) is 0 Å². The molecule has 1 unspecified atom stereocenters. The summed E-state index contributed by atoms with van der Waals surface area (Å²) < 4.78 is 0. The quantitative estimate of drug-likeness (QED) is 0.730. The van der Waals surface area contributed by atoms with Gasteiger partial charge in [0.2, 0.25) is 5.91 Å². The monoisotopic (exact) mass is 234 g/mol. The number of nitrogen functional groups attached to an aromatic ring is 1. The Kier molecular flexibility index (Phi) is 2.95. The van der Waals surface area contributed by atoms with Crippen LogP contribution in [-0.4, -0.2) is 41.3 Å². The van der Waals surface area contributed by atoms with Crippen molar-refractivity contribution >= 4 is 17.5 Å². The molecule has 1 aromatic rings. The number of nitrogens with zero attached hydrogens (tertiary/aromatic N) is 2. The SMILES string of the molecule is CN1CC(NC(=O)c2ccc(N)cn2)CC1=O. The molecule has 0 aromatic carbocycles. The topological polar surface area (TPSA) is 88.3 Å². The molecule has 1 atom stereocenters. The van der Waals surface area contributed by atoms with Crippen molar-refractivity contribution in [2.24, 2.45) is 0 Å². The van der Waals surface area contributed by atoms with E-state index >= 15 is 0 Å². The summed E-state index contributed by atoms with van der Waals surface area (Å²) in [6, 6.07) is 3.04. The van der Waals surface area contributed by atoms with Crippen LogP contribution in [-0.2, 0) is 4.79 Å². The van der Waals surface area contributed by atoms with Crippen molar-refractivity contribution in [3.8, 4) is 0 Å². The molecule has 17 heavy (non-hydrogen) atoms. The first-order chi connectivity index (χ1) is 8.06. The minimum Gasteiger partial charge on any atom is -0.397 e. The number of pyridine rings is 1. The van der Waals surface area contributed by atoms with Gasteiger partial charge in [-0.15, -0.1) is 0 Å². The lowest BCUT2D eigenvalue weighted by atomic mass is 10.2. The van der Waals surface area contributed by atoms with Crippen LogP contribution in [0.2, 0.25) is 0 Å². The standard InChI is InChI=1S/C11H14N4O2/c1-15-6-8(4-10(15)16)14-11(17)9-3-2-7(12)5-13-9/h2-3,5,8H,4,6,12H2,1H3,(H,14,17). The molecule has 1 saturated heterocycles. The van der Waals surface area contributed by atoms with Crippen LogP contribution < -0.4 is 11.1 Å². The molecule has 0 spiro atoms. The maximum Gasteiger partial charge on any atom is 0.270 e. The van der Waals surface area contributed by atoms with Crippen LogP contribution in [0.25, 0.3) is 0 Å². The average Bonchev–Trinajstić information content (AvgIpc) is 2.58. The van der Waals surface area contributed by atoms with E-state index in [1.807, 2.05) is 0 Å². The number of hydrogen-bond acceptors (Lipinski definition) is 4. The van der Waals surface area contributed by atoms with Crippen molar-refractivity contribution in [2.75, 3.05) is 19.3 Å². The lowest BCUT2D eigenvalue weighted by molar-refractivity contribution is -0.126. The van der Waals surface area contributed by atoms with Crippen molar-refractivity contribution in [1.82, 2.24) is 15.2 Å². The number of nitrogens with one attached hydrogen (secondary N) is 1. The summed E-state index contributed by atoms with van der Waals surface area (Å²) in [5.41, 5.74) is 6.30. The van der Waals surface area contributed by atoms with Crippen LogP contribution in [0.15, 0.2) is 18.3 Å². The minimum atomic E-state index is -0.280. The van der Waals surface area contributed by atoms with E-state index in [4.69, 9.17) is 5.73 Å². The second kappa shape index (κ2) is 4.40. The first kappa shape index (κ1) is 11.4. The van der Waals surface area contributed by atoms with Crippen molar-refractivity contribution < 1.29 is 9.59 Å². The molecule has 0 radical (unpaired) electrons. The van der Waals surface area contributed by atoms with Gasteiger partial charge < -0.3 is 16.0 Å². The molecule has 1 aromatic heterocycles. The summed E-state index contributed by atoms with van der Waals surface area (Å²) in [5.74, 6) is -0.237. The fraction of sp³-hybridized carbons (Fsp3) is 0.364. The molecule has 3 N–H and O–H groups in total. The number of anilines is 1. The third-order valence-electron chi connectivity index (χ3n) is 2.70. The van der Waals surface area contributed by atoms with Crippen LogP contribution in [0.4, 0.5) is 5.69 Å². The van der Waals surface area contributed by atoms with E-state index in [0.717, 1.165) is 0 Å². The Morgan fingerprint density at radius 2 is 2.35 bits per heavy atom. The molecule has 6 nitrogen and oxygen atoms in total. The summed E-state index contributed by atoms with van der Waals surface area (Å²) in [6.45, 7) is 0.541. The molecule has 2 rings (SSSR count). The van der Waals surface area contributed by atoms with E-state index in [9.17, 15) is 9.59 Å². The number of nitrogens with two attached hydrogens (primary N) is 1. The molecule has 2 amide bonds. The molecule has 1 aliphatic rings. The van der Waals surface area contributed by atoms with Gasteiger partial charge in [-0.1, -0.05) is 0 Å². The van der Waals surface area contributed by atoms with Crippen LogP contribution in [0.5, 0.6) is 0 Å². The van der Waals surface area contributed by atoms with Crippen molar-refractivity contribution in [1.29, 1.82) is 0 Å². The fourth-order valence-electron chi connectivity index (χ4n) is 1.76. The Morgan fingerprint density at radius 1 is 1.59 bits per heavy atom. The van der Waals surface area contributed by atoms with Crippen LogP contribution in [0.3, 0.4) is 0 Å². The number of carbonyl (C=O) groups is 2. The molecule has 0 bridgehead atoms. The molecule has 0 saturated carbocycles. The highest BCUT2D eigenvalue weighted by Crippen LogP contribution is 2.09. The molecule has 90 valence electrons. The second-order valence-electron chi connectivity index (χ2n) is 4.13. The lowest BCUT2D eigenvalue weighted by Gasteiger charge is -2.11. The maximum absolute atomic E-state index is 11.8. The van der Waals surface area contributed by atoms with Gasteiger partial charge in [0.05, 0.1) is 17.9 Å². The van der Waals surface area contributed by atoms with Gasteiger partial charge in [-0.25, -0.2) is 4.98 Å². The number of rotatable bonds is 2. The number of likely N-dealkylation sites (tertiary alicyclic amines) is 1. The maximum atomic E-state index is 11.8. The highest BCUT2D eigenvalue weighted by molar-refractivity contribution is 5.93. The minimum absolute atomic E-state index is 0.0422. The van der Waals surface area contributed by atoms with Gasteiger partial charge in [0, 0.05) is 20.0 Å². The Hall–Kier alpha value is -2.11. The Balaban J connectivity index is 1.98. The van der Waals surface area contributed by atoms with Crippen LogP contribution >= 0.6 is 0 Å². The Labute approximate surface area is 98.8 Å². The van der Waals surface area contributed by atoms with E-state index in [-0.39, 0.29) is 17.9 Å². The Bertz CT molecular complexity index is 443. The fourth-order valence-corrected chi connectivity index (χ4v) is 1.76. The van der Waals surface area contributed by atoms with Crippen molar-refractivity contribution in [3.05, 3.63) is 24.0 Å². The van der Waals surface area contributed by atoms with Crippen molar-refractivity contribution in [3.63, 3.8) is 0 Å². The zero-order valence-corrected chi connectivity index (χ0v) is 9.51. The van der Waals surface area contributed by atoms with Crippen LogP contribution in [0.1, 0.15) is 16.9 Å². The number of aromatic nitrogens is 1. The predicted molar refractivity (Wildman–Crippen MR) is 62.2 cm³/mol. The zero-order chi connectivity index (χ0) is 12.4. The molecule has 0 aliphatic carbocycles. The lowest BCUT2D eigenvalue weighted by Crippen LogP contribution is -2.36. The largest absolute Gasteiger partial charge is 0.397 e. The van der Waals surface area contributed by atoms with Gasteiger partial charge in [-0.3, -0.25) is 9.59 Å². The molecular weight excluding hydrogens is 220 g/mol. The Morgan fingerprint density at radius 3 is 2.88 bits per heavy atom. The van der Waals surface area contributed by atoms with Gasteiger partial charge >= 0.3 is 0 Å². The molecule has 6 heteroatoms. The van der Waals surface area contributed by atoms with Gasteiger partial charge in [0.15, 0.2) is 0 Å². The number of likely N-dealkylation sites (N-methyl/N-ethyl adjacent to an activating group) is 1. The first-order valence-electron chi connectivity index (χ1n) is 5.32. The second-order valence-corrected chi connectivity index (χ2v) is 4.13. The van der Waals surface area contributed by atoms with Crippen molar-refractivity contribution in [2.45, 2.75) is 12.5 Å². The molecular formula is C11H14N4O2. The highest BCUT2D eigenvalue weighted by atomic mass is 16.2. The third kappa shape index (κ3) is 2.52. The summed E-state index contributed by atoms with van der Waals surface area (Å²) >= 11 is 0. The van der Waals surface area contributed by atoms with E-state index in [0.29, 0.717) is 24.3 Å². The smallest absolute Gasteiger partial charge is 0.270 e. The van der Waals surface area contributed by atoms with Gasteiger partial charge in [-0.05, 0) is 12.1 Å². The normalized spacial score (nSPS) is 19.5. The van der Waals surface area contributed by atoms with E-state index < -0.39 is 0 Å². The van der Waals surface area contributed by atoms with E-state index in [2.05, 4.69) is 10.3 Å². The summed E-state index contributed by atoms with van der Waals surface area (Å²) in [6.07, 6.45) is 1.78. The number of hydrogen-bond donors (Lipinski definition) is 2. The molecule has 1 aliphatic heterocycles. The zero-order valence-electron chi connectivity index (χ0n) is 9.51. The van der Waals surface area contributed by atoms with Gasteiger partial charge in [-0.2, -0.15) is 0 Å². The summed E-state index contributed by atoms with van der Waals surface area (Å²) in [7, 11) is 1.72. The molecule has 1 fully saturated rings. The third-order valence-corrected chi connectivity index (χ3v) is 2.70. The number of carbonyl (C=O) groups excluding carboxylic acids is 2. The van der Waals surface area contributed by atoms with E-state index in [1.165, 1.54) is 6.20 Å². The summed E-state index contributed by atoms with van der Waals surface area (Å²) in [4.78, 5) is 28.6. The highest BCUT2D eigenvalue weighted by Gasteiger charge is 2.28. The average molecular weight is 234 g/mol. The molecule has 2 heterocycles. The number of amides is 2. The van der Waals surface area contributed by atoms with E-state index in [1.54, 1.807) is 24.1 Å². The van der Waals surface area contributed by atoms with Gasteiger partial charge in [0.25, 0.3) is 5.91 Å².